The monoisotopic (exact) mass is 233 g/mol. The lowest BCUT2D eigenvalue weighted by Crippen LogP contribution is -2.43. The quantitative estimate of drug-likeness (QED) is 0.781. The number of ether oxygens (including phenoxy) is 1. The van der Waals surface area contributed by atoms with E-state index in [2.05, 4.69) is 36.5 Å². The van der Waals surface area contributed by atoms with Crippen LogP contribution < -0.4 is 5.32 Å². The molecule has 0 atom stereocenters. The zero-order chi connectivity index (χ0) is 12.0. The fraction of sp³-hybridized carbons (Fsp3) is 0.600. The molecule has 0 unspecified atom stereocenters. The van der Waals surface area contributed by atoms with E-state index < -0.39 is 0 Å². The van der Waals surface area contributed by atoms with E-state index in [0.29, 0.717) is 5.41 Å². The fourth-order valence-corrected chi connectivity index (χ4v) is 2.40. The van der Waals surface area contributed by atoms with Crippen molar-refractivity contribution >= 4 is 0 Å². The third kappa shape index (κ3) is 3.55. The summed E-state index contributed by atoms with van der Waals surface area (Å²) in [5.41, 5.74) is 1.69. The summed E-state index contributed by atoms with van der Waals surface area (Å²) in [6.07, 6.45) is 3.99. The minimum Gasteiger partial charge on any atom is -0.376 e. The van der Waals surface area contributed by atoms with Crippen LogP contribution in [0.3, 0.4) is 0 Å². The summed E-state index contributed by atoms with van der Waals surface area (Å²) >= 11 is 0. The number of benzene rings is 1. The van der Waals surface area contributed by atoms with Gasteiger partial charge in [-0.3, -0.25) is 0 Å². The first-order valence-electron chi connectivity index (χ1n) is 6.67. The molecule has 0 aromatic heterocycles. The van der Waals surface area contributed by atoms with Crippen molar-refractivity contribution < 1.29 is 4.74 Å². The Morgan fingerprint density at radius 3 is 2.59 bits per heavy atom. The van der Waals surface area contributed by atoms with E-state index in [0.717, 1.165) is 26.3 Å². The van der Waals surface area contributed by atoms with Crippen molar-refractivity contribution in [3.05, 3.63) is 35.9 Å². The first kappa shape index (κ1) is 12.6. The van der Waals surface area contributed by atoms with E-state index in [9.17, 15) is 0 Å². The normalized spacial score (nSPS) is 17.7. The van der Waals surface area contributed by atoms with Gasteiger partial charge in [0.2, 0.25) is 0 Å². The summed E-state index contributed by atoms with van der Waals surface area (Å²) in [5.74, 6) is 0. The largest absolute Gasteiger partial charge is 0.376 e. The summed E-state index contributed by atoms with van der Waals surface area (Å²) in [6, 6.07) is 10.4. The van der Waals surface area contributed by atoms with E-state index in [4.69, 9.17) is 4.74 Å². The molecule has 0 saturated heterocycles. The number of nitrogens with one attached hydrogen (secondary N) is 1. The van der Waals surface area contributed by atoms with Crippen molar-refractivity contribution in [2.75, 3.05) is 19.7 Å². The van der Waals surface area contributed by atoms with Crippen LogP contribution in [0, 0.1) is 5.41 Å². The molecule has 1 saturated carbocycles. The van der Waals surface area contributed by atoms with Gasteiger partial charge < -0.3 is 10.1 Å². The highest BCUT2D eigenvalue weighted by atomic mass is 16.5. The Bertz CT molecular complexity index is 319. The zero-order valence-corrected chi connectivity index (χ0v) is 10.7. The van der Waals surface area contributed by atoms with Crippen LogP contribution in [0.25, 0.3) is 0 Å². The molecule has 1 aromatic rings. The number of hydrogen-bond acceptors (Lipinski definition) is 2. The van der Waals surface area contributed by atoms with E-state index >= 15 is 0 Å². The topological polar surface area (TPSA) is 21.3 Å². The van der Waals surface area contributed by atoms with Crippen molar-refractivity contribution in [2.24, 2.45) is 5.41 Å². The number of rotatable bonds is 7. The number of hydrogen-bond donors (Lipinski definition) is 1. The Morgan fingerprint density at radius 2 is 2.00 bits per heavy atom. The highest BCUT2D eigenvalue weighted by Gasteiger charge is 2.36. The van der Waals surface area contributed by atoms with Crippen molar-refractivity contribution in [1.82, 2.24) is 5.32 Å². The summed E-state index contributed by atoms with van der Waals surface area (Å²) in [7, 11) is 0. The van der Waals surface area contributed by atoms with Crippen molar-refractivity contribution in [2.45, 2.75) is 32.8 Å². The van der Waals surface area contributed by atoms with Gasteiger partial charge >= 0.3 is 0 Å². The van der Waals surface area contributed by atoms with E-state index in [1.807, 2.05) is 6.07 Å². The average Bonchev–Trinajstić information content (AvgIpc) is 2.33. The minimum atomic E-state index is 0.421. The molecule has 17 heavy (non-hydrogen) atoms. The predicted octanol–water partition coefficient (Wildman–Crippen LogP) is 2.98. The lowest BCUT2D eigenvalue weighted by Gasteiger charge is -2.41. The summed E-state index contributed by atoms with van der Waals surface area (Å²) in [6.45, 7) is 5.97. The molecule has 2 nitrogen and oxygen atoms in total. The fourth-order valence-electron chi connectivity index (χ4n) is 2.40. The van der Waals surface area contributed by atoms with Gasteiger partial charge in [-0.2, -0.15) is 0 Å². The molecular formula is C15H23NO. The van der Waals surface area contributed by atoms with Crippen LogP contribution in [0.1, 0.15) is 31.7 Å². The van der Waals surface area contributed by atoms with Crippen molar-refractivity contribution in [3.8, 4) is 0 Å². The third-order valence-corrected chi connectivity index (χ3v) is 3.68. The first-order valence-corrected chi connectivity index (χ1v) is 6.67. The van der Waals surface area contributed by atoms with Crippen LogP contribution in [0.15, 0.2) is 30.3 Å². The van der Waals surface area contributed by atoms with Crippen LogP contribution in [-0.2, 0) is 11.3 Å². The lowest BCUT2D eigenvalue weighted by molar-refractivity contribution is -0.0127. The van der Waals surface area contributed by atoms with Gasteiger partial charge in [-0.25, -0.2) is 0 Å². The standard InChI is InChI=1S/C15H23NO/c1-2-16-12-15(9-6-10-15)13-17-11-14-7-4-3-5-8-14/h3-5,7-8,16H,2,6,9-13H2,1H3. The van der Waals surface area contributed by atoms with Crippen LogP contribution in [0.2, 0.25) is 0 Å². The minimum absolute atomic E-state index is 0.421. The summed E-state index contributed by atoms with van der Waals surface area (Å²) < 4.78 is 5.88. The zero-order valence-electron chi connectivity index (χ0n) is 10.7. The molecule has 0 heterocycles. The Labute approximate surface area is 104 Å². The van der Waals surface area contributed by atoms with E-state index in [-0.39, 0.29) is 0 Å². The molecule has 0 bridgehead atoms. The molecule has 0 spiro atoms. The van der Waals surface area contributed by atoms with Crippen LogP contribution in [0.4, 0.5) is 0 Å². The van der Waals surface area contributed by atoms with E-state index in [1.54, 1.807) is 0 Å². The molecule has 1 N–H and O–H groups in total. The van der Waals surface area contributed by atoms with Gasteiger partial charge in [0.15, 0.2) is 0 Å². The van der Waals surface area contributed by atoms with Crippen molar-refractivity contribution in [3.63, 3.8) is 0 Å². The SMILES string of the molecule is CCNCC1(COCc2ccccc2)CCC1. The highest BCUT2D eigenvalue weighted by Crippen LogP contribution is 2.40. The lowest BCUT2D eigenvalue weighted by atomic mass is 9.69. The van der Waals surface area contributed by atoms with Crippen LogP contribution in [0.5, 0.6) is 0 Å². The molecule has 94 valence electrons. The molecule has 1 aromatic carbocycles. The van der Waals surface area contributed by atoms with Gasteiger partial charge in [-0.15, -0.1) is 0 Å². The second kappa shape index (κ2) is 6.18. The molecule has 0 aliphatic heterocycles. The molecule has 2 rings (SSSR count). The van der Waals surface area contributed by atoms with Gasteiger partial charge in [0, 0.05) is 12.0 Å². The van der Waals surface area contributed by atoms with Crippen molar-refractivity contribution in [1.29, 1.82) is 0 Å². The molecule has 1 fully saturated rings. The molecule has 2 heteroatoms. The van der Waals surface area contributed by atoms with Gasteiger partial charge in [-0.05, 0) is 24.9 Å². The van der Waals surface area contributed by atoms with Gasteiger partial charge in [0.05, 0.1) is 13.2 Å². The first-order chi connectivity index (χ1) is 8.35. The molecule has 1 aliphatic rings. The molecule has 0 radical (unpaired) electrons. The smallest absolute Gasteiger partial charge is 0.0717 e. The summed E-state index contributed by atoms with van der Waals surface area (Å²) in [5, 5.41) is 3.46. The Balaban J connectivity index is 1.73. The second-order valence-electron chi connectivity index (χ2n) is 5.11. The second-order valence-corrected chi connectivity index (χ2v) is 5.11. The van der Waals surface area contributed by atoms with Crippen LogP contribution >= 0.6 is 0 Å². The highest BCUT2D eigenvalue weighted by molar-refractivity contribution is 5.13. The average molecular weight is 233 g/mol. The Morgan fingerprint density at radius 1 is 1.24 bits per heavy atom. The van der Waals surface area contributed by atoms with Gasteiger partial charge in [0.1, 0.15) is 0 Å². The maximum atomic E-state index is 5.88. The maximum Gasteiger partial charge on any atom is 0.0717 e. The summed E-state index contributed by atoms with van der Waals surface area (Å²) in [4.78, 5) is 0. The van der Waals surface area contributed by atoms with Crippen LogP contribution in [-0.4, -0.2) is 19.7 Å². The molecular weight excluding hydrogens is 210 g/mol. The van der Waals surface area contributed by atoms with E-state index in [1.165, 1.54) is 24.8 Å². The van der Waals surface area contributed by atoms with Gasteiger partial charge in [-0.1, -0.05) is 43.7 Å². The van der Waals surface area contributed by atoms with Gasteiger partial charge in [0.25, 0.3) is 0 Å². The Kier molecular flexibility index (Phi) is 4.57. The predicted molar refractivity (Wildman–Crippen MR) is 70.9 cm³/mol. The third-order valence-electron chi connectivity index (χ3n) is 3.68. The molecule has 1 aliphatic carbocycles. The Hall–Kier alpha value is -0.860. The maximum absolute atomic E-state index is 5.88. The molecule has 0 amide bonds.